The SMILES string of the molecule is CC(CO)CNc1ncc(I)cn1. The van der Waals surface area contributed by atoms with Crippen LogP contribution in [0.1, 0.15) is 6.92 Å². The summed E-state index contributed by atoms with van der Waals surface area (Å²) in [4.78, 5) is 8.15. The molecule has 0 fully saturated rings. The zero-order valence-corrected chi connectivity index (χ0v) is 9.52. The van der Waals surface area contributed by atoms with Crippen LogP contribution in [0.3, 0.4) is 0 Å². The molecule has 0 aliphatic heterocycles. The summed E-state index contributed by atoms with van der Waals surface area (Å²) in [7, 11) is 0. The van der Waals surface area contributed by atoms with Gasteiger partial charge in [0.15, 0.2) is 0 Å². The van der Waals surface area contributed by atoms with Crippen LogP contribution in [0.5, 0.6) is 0 Å². The fourth-order valence-corrected chi connectivity index (χ4v) is 1.01. The molecule has 0 aliphatic carbocycles. The van der Waals surface area contributed by atoms with E-state index in [1.54, 1.807) is 12.4 Å². The monoisotopic (exact) mass is 293 g/mol. The minimum Gasteiger partial charge on any atom is -0.396 e. The number of anilines is 1. The van der Waals surface area contributed by atoms with Crippen LogP contribution >= 0.6 is 22.6 Å². The summed E-state index contributed by atoms with van der Waals surface area (Å²) < 4.78 is 1.01. The Balaban J connectivity index is 2.41. The van der Waals surface area contributed by atoms with Crippen molar-refractivity contribution >= 4 is 28.5 Å². The van der Waals surface area contributed by atoms with Gasteiger partial charge in [-0.1, -0.05) is 6.92 Å². The van der Waals surface area contributed by atoms with Crippen molar-refractivity contribution in [2.24, 2.45) is 5.92 Å². The molecule has 13 heavy (non-hydrogen) atoms. The van der Waals surface area contributed by atoms with Crippen LogP contribution in [0, 0.1) is 9.49 Å². The maximum absolute atomic E-state index is 8.77. The van der Waals surface area contributed by atoms with Gasteiger partial charge in [0, 0.05) is 29.1 Å². The Kier molecular flexibility index (Phi) is 4.37. The molecule has 0 bridgehead atoms. The van der Waals surface area contributed by atoms with E-state index in [2.05, 4.69) is 37.9 Å². The van der Waals surface area contributed by atoms with E-state index in [0.29, 0.717) is 12.5 Å². The molecule has 72 valence electrons. The lowest BCUT2D eigenvalue weighted by Gasteiger charge is -2.08. The molecule has 0 radical (unpaired) electrons. The molecule has 0 saturated carbocycles. The maximum atomic E-state index is 8.77. The molecule has 0 amide bonds. The van der Waals surface area contributed by atoms with E-state index in [9.17, 15) is 0 Å². The highest BCUT2D eigenvalue weighted by atomic mass is 127. The lowest BCUT2D eigenvalue weighted by atomic mass is 10.2. The zero-order valence-electron chi connectivity index (χ0n) is 7.37. The van der Waals surface area contributed by atoms with E-state index >= 15 is 0 Å². The van der Waals surface area contributed by atoms with Crippen molar-refractivity contribution in [2.45, 2.75) is 6.92 Å². The molecule has 4 nitrogen and oxygen atoms in total. The van der Waals surface area contributed by atoms with Crippen molar-refractivity contribution in [3.8, 4) is 0 Å². The van der Waals surface area contributed by atoms with Gasteiger partial charge in [0.2, 0.25) is 5.95 Å². The number of halogens is 1. The highest BCUT2D eigenvalue weighted by Crippen LogP contribution is 2.03. The van der Waals surface area contributed by atoms with Gasteiger partial charge in [-0.05, 0) is 28.5 Å². The molecule has 1 aromatic heterocycles. The fourth-order valence-electron chi connectivity index (χ4n) is 0.734. The number of aliphatic hydroxyl groups excluding tert-OH is 1. The third kappa shape index (κ3) is 3.86. The second kappa shape index (κ2) is 5.33. The Hall–Kier alpha value is -0.430. The molecule has 0 spiro atoms. The maximum Gasteiger partial charge on any atom is 0.222 e. The van der Waals surface area contributed by atoms with Gasteiger partial charge in [-0.3, -0.25) is 0 Å². The highest BCUT2D eigenvalue weighted by molar-refractivity contribution is 14.1. The summed E-state index contributed by atoms with van der Waals surface area (Å²) in [5.74, 6) is 0.837. The summed E-state index contributed by atoms with van der Waals surface area (Å²) in [6, 6.07) is 0. The van der Waals surface area contributed by atoms with E-state index in [-0.39, 0.29) is 12.5 Å². The van der Waals surface area contributed by atoms with Gasteiger partial charge in [0.25, 0.3) is 0 Å². The van der Waals surface area contributed by atoms with E-state index in [1.165, 1.54) is 0 Å². The van der Waals surface area contributed by atoms with Gasteiger partial charge in [-0.2, -0.15) is 0 Å². The average molecular weight is 293 g/mol. The van der Waals surface area contributed by atoms with E-state index in [4.69, 9.17) is 5.11 Å². The van der Waals surface area contributed by atoms with Crippen molar-refractivity contribution < 1.29 is 5.11 Å². The zero-order chi connectivity index (χ0) is 9.68. The van der Waals surface area contributed by atoms with Crippen molar-refractivity contribution in [3.63, 3.8) is 0 Å². The first-order chi connectivity index (χ1) is 6.22. The Morgan fingerprint density at radius 2 is 2.15 bits per heavy atom. The van der Waals surface area contributed by atoms with Gasteiger partial charge in [0.05, 0.1) is 0 Å². The van der Waals surface area contributed by atoms with Gasteiger partial charge < -0.3 is 10.4 Å². The minimum atomic E-state index is 0.178. The van der Waals surface area contributed by atoms with Gasteiger partial charge in [-0.25, -0.2) is 9.97 Å². The Bertz CT molecular complexity index is 252. The number of aromatic nitrogens is 2. The quantitative estimate of drug-likeness (QED) is 0.817. The molecule has 1 aromatic rings. The van der Waals surface area contributed by atoms with Gasteiger partial charge in [-0.15, -0.1) is 0 Å². The number of hydrogen-bond donors (Lipinski definition) is 2. The Morgan fingerprint density at radius 3 is 2.69 bits per heavy atom. The lowest BCUT2D eigenvalue weighted by molar-refractivity contribution is 0.244. The Labute approximate surface area is 90.9 Å². The number of aliphatic hydroxyl groups is 1. The van der Waals surface area contributed by atoms with Crippen LogP contribution in [-0.2, 0) is 0 Å². The van der Waals surface area contributed by atoms with Crippen LogP contribution in [0.15, 0.2) is 12.4 Å². The van der Waals surface area contributed by atoms with Crippen LogP contribution in [-0.4, -0.2) is 28.2 Å². The fraction of sp³-hybridized carbons (Fsp3) is 0.500. The van der Waals surface area contributed by atoms with E-state index in [0.717, 1.165) is 3.57 Å². The summed E-state index contributed by atoms with van der Waals surface area (Å²) in [5, 5.41) is 11.8. The number of nitrogens with one attached hydrogen (secondary N) is 1. The largest absolute Gasteiger partial charge is 0.396 e. The van der Waals surface area contributed by atoms with E-state index < -0.39 is 0 Å². The molecule has 1 rings (SSSR count). The Morgan fingerprint density at radius 1 is 1.54 bits per heavy atom. The predicted molar refractivity (Wildman–Crippen MR) is 59.5 cm³/mol. The minimum absolute atomic E-state index is 0.178. The molecule has 0 saturated heterocycles. The molecule has 1 unspecified atom stereocenters. The van der Waals surface area contributed by atoms with Crippen LogP contribution in [0.4, 0.5) is 5.95 Å². The third-order valence-corrected chi connectivity index (χ3v) is 2.10. The first-order valence-electron chi connectivity index (χ1n) is 4.04. The molecule has 0 aliphatic rings. The number of hydrogen-bond acceptors (Lipinski definition) is 4. The van der Waals surface area contributed by atoms with Crippen molar-refractivity contribution in [1.82, 2.24) is 9.97 Å². The molecular weight excluding hydrogens is 281 g/mol. The van der Waals surface area contributed by atoms with Crippen LogP contribution in [0.2, 0.25) is 0 Å². The molecule has 5 heteroatoms. The topological polar surface area (TPSA) is 58.0 Å². The van der Waals surface area contributed by atoms with Crippen LogP contribution in [0.25, 0.3) is 0 Å². The number of rotatable bonds is 4. The lowest BCUT2D eigenvalue weighted by Crippen LogP contribution is -2.15. The molecular formula is C8H12IN3O. The predicted octanol–water partition coefficient (Wildman–Crippen LogP) is 1.12. The van der Waals surface area contributed by atoms with Gasteiger partial charge in [0.1, 0.15) is 0 Å². The summed E-state index contributed by atoms with van der Waals surface area (Å²) in [5.41, 5.74) is 0. The van der Waals surface area contributed by atoms with Crippen molar-refractivity contribution in [3.05, 3.63) is 16.0 Å². The second-order valence-electron chi connectivity index (χ2n) is 2.89. The standard InChI is InChI=1S/C8H12IN3O/c1-6(5-13)2-10-8-11-3-7(9)4-12-8/h3-4,6,13H,2,5H2,1H3,(H,10,11,12). The number of nitrogens with zero attached hydrogens (tertiary/aromatic N) is 2. The normalized spacial score (nSPS) is 12.5. The first-order valence-corrected chi connectivity index (χ1v) is 5.12. The average Bonchev–Trinajstić information content (AvgIpc) is 2.16. The van der Waals surface area contributed by atoms with E-state index in [1.807, 2.05) is 6.92 Å². The first kappa shape index (κ1) is 10.6. The molecule has 1 atom stereocenters. The van der Waals surface area contributed by atoms with Crippen molar-refractivity contribution in [2.75, 3.05) is 18.5 Å². The smallest absolute Gasteiger partial charge is 0.222 e. The summed E-state index contributed by atoms with van der Waals surface area (Å²) in [6.45, 7) is 2.83. The van der Waals surface area contributed by atoms with Crippen molar-refractivity contribution in [1.29, 1.82) is 0 Å². The molecule has 1 heterocycles. The highest BCUT2D eigenvalue weighted by Gasteiger charge is 2.00. The summed E-state index contributed by atoms with van der Waals surface area (Å²) >= 11 is 2.15. The van der Waals surface area contributed by atoms with Gasteiger partial charge >= 0.3 is 0 Å². The second-order valence-corrected chi connectivity index (χ2v) is 4.14. The molecule has 2 N–H and O–H groups in total. The van der Waals surface area contributed by atoms with Crippen LogP contribution < -0.4 is 5.32 Å². The summed E-state index contributed by atoms with van der Waals surface area (Å²) in [6.07, 6.45) is 3.50. The third-order valence-electron chi connectivity index (χ3n) is 1.54. The molecule has 0 aromatic carbocycles.